The molecule has 8 heteroatoms. The van der Waals surface area contributed by atoms with Crippen LogP contribution in [0.4, 0.5) is 0 Å². The second-order valence-corrected chi connectivity index (χ2v) is 7.95. The van der Waals surface area contributed by atoms with E-state index in [1.54, 1.807) is 27.7 Å². The number of hydrogen-bond acceptors (Lipinski definition) is 6. The van der Waals surface area contributed by atoms with Crippen molar-refractivity contribution in [2.24, 2.45) is 0 Å². The molecule has 0 fully saturated rings. The Morgan fingerprint density at radius 1 is 1.39 bits per heavy atom. The first-order valence-corrected chi connectivity index (χ1v) is 8.36. The summed E-state index contributed by atoms with van der Waals surface area (Å²) in [6.45, 7) is 7.22. The topological polar surface area (TPSA) is 94.1 Å². The first-order valence-electron chi connectivity index (χ1n) is 7.21. The van der Waals surface area contributed by atoms with Gasteiger partial charge in [0.1, 0.15) is 11.8 Å². The summed E-state index contributed by atoms with van der Waals surface area (Å²) in [5.74, 6) is 0.0196. The van der Waals surface area contributed by atoms with Crippen LogP contribution in [0.15, 0.2) is 12.1 Å². The lowest BCUT2D eigenvalue weighted by atomic mass is 10.1. The highest BCUT2D eigenvalue weighted by molar-refractivity contribution is 7.84. The van der Waals surface area contributed by atoms with Crippen LogP contribution in [-0.4, -0.2) is 33.4 Å². The summed E-state index contributed by atoms with van der Waals surface area (Å²) < 4.78 is 30.0. The van der Waals surface area contributed by atoms with Crippen molar-refractivity contribution in [1.82, 2.24) is 4.72 Å². The van der Waals surface area contributed by atoms with Crippen molar-refractivity contribution >= 4 is 17.0 Å². The van der Waals surface area contributed by atoms with E-state index in [1.165, 1.54) is 12.1 Å². The molecule has 0 radical (unpaired) electrons. The Hall–Kier alpha value is -1.80. The van der Waals surface area contributed by atoms with Gasteiger partial charge in [0, 0.05) is 11.6 Å². The van der Waals surface area contributed by atoms with Crippen LogP contribution in [0.5, 0.6) is 17.2 Å². The Morgan fingerprint density at radius 3 is 2.57 bits per heavy atom. The van der Waals surface area contributed by atoms with Gasteiger partial charge in [0.2, 0.25) is 6.79 Å². The van der Waals surface area contributed by atoms with Crippen LogP contribution < -0.4 is 14.2 Å². The molecule has 0 saturated heterocycles. The number of benzene rings is 1. The Kier molecular flexibility index (Phi) is 5.16. The molecule has 0 spiro atoms. The third kappa shape index (κ3) is 3.94. The molecule has 0 amide bonds. The molecular formula is C15H21NO6S. The van der Waals surface area contributed by atoms with Crippen LogP contribution >= 0.6 is 0 Å². The van der Waals surface area contributed by atoms with Crippen molar-refractivity contribution < 1.29 is 28.3 Å². The molecule has 2 N–H and O–H groups in total. The summed E-state index contributed by atoms with van der Waals surface area (Å²) in [7, 11) is -1.53. The zero-order valence-electron chi connectivity index (χ0n) is 13.5. The van der Waals surface area contributed by atoms with E-state index in [2.05, 4.69) is 4.72 Å². The lowest BCUT2D eigenvalue weighted by Crippen LogP contribution is -2.39. The van der Waals surface area contributed by atoms with E-state index >= 15 is 0 Å². The van der Waals surface area contributed by atoms with E-state index in [0.29, 0.717) is 11.5 Å². The molecule has 1 aliphatic rings. The van der Waals surface area contributed by atoms with E-state index in [0.717, 1.165) is 0 Å². The quantitative estimate of drug-likeness (QED) is 0.792. The largest absolute Gasteiger partial charge is 0.507 e. The Balaban J connectivity index is 2.37. The number of ether oxygens (including phenoxy) is 3. The summed E-state index contributed by atoms with van der Waals surface area (Å²) in [5, 5.41) is 10.2. The van der Waals surface area contributed by atoms with Crippen LogP contribution in [0.3, 0.4) is 0 Å². The minimum atomic E-state index is -1.53. The van der Waals surface area contributed by atoms with Gasteiger partial charge < -0.3 is 19.3 Å². The number of nitrogens with one attached hydrogen (secondary N) is 1. The summed E-state index contributed by atoms with van der Waals surface area (Å²) in [6.07, 6.45) is 0. The van der Waals surface area contributed by atoms with Crippen LogP contribution in [0.25, 0.3) is 0 Å². The number of esters is 1. The van der Waals surface area contributed by atoms with E-state index in [1.807, 2.05) is 0 Å². The monoisotopic (exact) mass is 343 g/mol. The van der Waals surface area contributed by atoms with Crippen molar-refractivity contribution in [3.8, 4) is 17.2 Å². The van der Waals surface area contributed by atoms with Gasteiger partial charge in [-0.15, -0.1) is 0 Å². The molecule has 0 saturated carbocycles. The summed E-state index contributed by atoms with van der Waals surface area (Å²) in [4.78, 5) is 12.3. The number of carbonyl (C=O) groups is 1. The molecule has 128 valence electrons. The molecule has 1 aliphatic heterocycles. The maximum Gasteiger partial charge on any atom is 0.328 e. The van der Waals surface area contributed by atoms with Gasteiger partial charge in [-0.1, -0.05) is 0 Å². The number of phenols is 1. The number of aromatic hydroxyl groups is 1. The van der Waals surface area contributed by atoms with Gasteiger partial charge in [-0.3, -0.25) is 0 Å². The fourth-order valence-corrected chi connectivity index (χ4v) is 2.72. The highest BCUT2D eigenvalue weighted by atomic mass is 32.2. The molecule has 1 aromatic carbocycles. The first kappa shape index (κ1) is 17.6. The maximum atomic E-state index is 12.4. The fourth-order valence-electron chi connectivity index (χ4n) is 1.93. The smallest absolute Gasteiger partial charge is 0.328 e. The van der Waals surface area contributed by atoms with Crippen molar-refractivity contribution in [2.75, 3.05) is 13.4 Å². The standard InChI is InChI=1S/C15H21NO6S/c1-5-20-14(18)13(16-23(19)15(2,3)4)9-6-11-12(7-10(9)17)22-8-21-11/h6-7,13,16-17H,5,8H2,1-4H3/t13-,23-/m1/s1. The van der Waals surface area contributed by atoms with E-state index in [9.17, 15) is 14.1 Å². The molecule has 7 nitrogen and oxygen atoms in total. The minimum absolute atomic E-state index is 0.0453. The van der Waals surface area contributed by atoms with Crippen LogP contribution in [0, 0.1) is 0 Å². The molecular weight excluding hydrogens is 322 g/mol. The molecule has 0 aromatic heterocycles. The Morgan fingerprint density at radius 2 is 2.00 bits per heavy atom. The molecule has 1 aromatic rings. The van der Waals surface area contributed by atoms with Gasteiger partial charge in [-0.2, -0.15) is 0 Å². The molecule has 0 bridgehead atoms. The molecule has 0 aliphatic carbocycles. The normalized spacial score (nSPS) is 16.0. The Labute approximate surface area is 137 Å². The van der Waals surface area contributed by atoms with Gasteiger partial charge in [-0.25, -0.2) is 13.7 Å². The molecule has 23 heavy (non-hydrogen) atoms. The second kappa shape index (κ2) is 6.76. The number of hydrogen-bond donors (Lipinski definition) is 2. The first-order chi connectivity index (χ1) is 10.7. The number of rotatable bonds is 5. The minimum Gasteiger partial charge on any atom is -0.507 e. The van der Waals surface area contributed by atoms with Crippen molar-refractivity contribution in [3.63, 3.8) is 0 Å². The van der Waals surface area contributed by atoms with Crippen molar-refractivity contribution in [3.05, 3.63) is 17.7 Å². The highest BCUT2D eigenvalue weighted by Gasteiger charge is 2.32. The van der Waals surface area contributed by atoms with Gasteiger partial charge in [0.15, 0.2) is 11.5 Å². The molecule has 0 unspecified atom stereocenters. The number of carbonyl (C=O) groups excluding carboxylic acids is 1. The van der Waals surface area contributed by atoms with E-state index < -0.39 is 27.7 Å². The van der Waals surface area contributed by atoms with Gasteiger partial charge in [0.05, 0.1) is 22.3 Å². The predicted molar refractivity (Wildman–Crippen MR) is 84.6 cm³/mol. The summed E-state index contributed by atoms with van der Waals surface area (Å²) in [5.41, 5.74) is 0.227. The third-order valence-electron chi connectivity index (χ3n) is 3.14. The van der Waals surface area contributed by atoms with Crippen LogP contribution in [0.1, 0.15) is 39.3 Å². The summed E-state index contributed by atoms with van der Waals surface area (Å²) >= 11 is 0. The van der Waals surface area contributed by atoms with E-state index in [4.69, 9.17) is 14.2 Å². The SMILES string of the molecule is CCOC(=O)[C@H](N[S@](=O)C(C)(C)C)c1cc2c(cc1O)OCO2. The van der Waals surface area contributed by atoms with E-state index in [-0.39, 0.29) is 24.7 Å². The Bertz CT molecular complexity index is 625. The number of fused-ring (bicyclic) bond motifs is 1. The van der Waals surface area contributed by atoms with Crippen LogP contribution in [-0.2, 0) is 20.5 Å². The second-order valence-electron chi connectivity index (χ2n) is 5.95. The molecule has 1 heterocycles. The highest BCUT2D eigenvalue weighted by Crippen LogP contribution is 2.40. The van der Waals surface area contributed by atoms with Gasteiger partial charge in [-0.05, 0) is 33.8 Å². The van der Waals surface area contributed by atoms with Gasteiger partial charge in [0.25, 0.3) is 0 Å². The van der Waals surface area contributed by atoms with Crippen molar-refractivity contribution in [2.45, 2.75) is 38.5 Å². The lowest BCUT2D eigenvalue weighted by molar-refractivity contribution is -0.145. The molecule has 2 rings (SSSR count). The average Bonchev–Trinajstić information content (AvgIpc) is 2.90. The van der Waals surface area contributed by atoms with Crippen molar-refractivity contribution in [1.29, 1.82) is 0 Å². The maximum absolute atomic E-state index is 12.4. The summed E-state index contributed by atoms with van der Waals surface area (Å²) in [6, 6.07) is 1.78. The third-order valence-corrected chi connectivity index (χ3v) is 4.70. The fraction of sp³-hybridized carbons (Fsp3) is 0.533. The van der Waals surface area contributed by atoms with Gasteiger partial charge >= 0.3 is 5.97 Å². The zero-order valence-corrected chi connectivity index (χ0v) is 14.4. The van der Waals surface area contributed by atoms with Crippen LogP contribution in [0.2, 0.25) is 0 Å². The predicted octanol–water partition coefficient (Wildman–Crippen LogP) is 1.78. The number of phenolic OH excluding ortho intramolecular Hbond substituents is 1. The average molecular weight is 343 g/mol. The zero-order chi connectivity index (χ0) is 17.2. The molecule has 2 atom stereocenters. The lowest BCUT2D eigenvalue weighted by Gasteiger charge is -2.24.